The third-order valence-corrected chi connectivity index (χ3v) is 5.75. The number of thioether (sulfide) groups is 1. The summed E-state index contributed by atoms with van der Waals surface area (Å²) in [6, 6.07) is 13.0. The molecule has 142 valence electrons. The number of amides is 2. The lowest BCUT2D eigenvalue weighted by Gasteiger charge is -2.18. The molecule has 2 heterocycles. The van der Waals surface area contributed by atoms with Crippen molar-refractivity contribution in [3.8, 4) is 0 Å². The van der Waals surface area contributed by atoms with Gasteiger partial charge in [-0.05, 0) is 35.4 Å². The van der Waals surface area contributed by atoms with Crippen molar-refractivity contribution < 1.29 is 9.59 Å². The maximum Gasteiger partial charge on any atom is 0.242 e. The van der Waals surface area contributed by atoms with Crippen LogP contribution in [0.3, 0.4) is 0 Å². The number of carbonyl (C=O) groups excluding carboxylic acids is 2. The van der Waals surface area contributed by atoms with Crippen molar-refractivity contribution in [2.75, 3.05) is 21.8 Å². The van der Waals surface area contributed by atoms with E-state index in [4.69, 9.17) is 11.6 Å². The van der Waals surface area contributed by atoms with E-state index in [9.17, 15) is 9.59 Å². The fourth-order valence-corrected chi connectivity index (χ4v) is 4.28. The van der Waals surface area contributed by atoms with Crippen LogP contribution in [-0.2, 0) is 22.6 Å². The van der Waals surface area contributed by atoms with Crippen LogP contribution in [0, 0.1) is 0 Å². The Morgan fingerprint density at radius 1 is 1.26 bits per heavy atom. The van der Waals surface area contributed by atoms with Gasteiger partial charge in [0.05, 0.1) is 19.0 Å². The quantitative estimate of drug-likeness (QED) is 0.790. The summed E-state index contributed by atoms with van der Waals surface area (Å²) in [6.07, 6.45) is 0.410. The van der Waals surface area contributed by atoms with Gasteiger partial charge in [-0.15, -0.1) is 24.2 Å². The topological polar surface area (TPSA) is 61.4 Å². The lowest BCUT2D eigenvalue weighted by Crippen LogP contribution is -2.37. The van der Waals surface area contributed by atoms with Crippen LogP contribution in [0.5, 0.6) is 0 Å². The highest BCUT2D eigenvalue weighted by Crippen LogP contribution is 2.32. The molecular weight excluding hydrogens is 405 g/mol. The number of nitrogens with one attached hydrogen (secondary N) is 2. The average molecular weight is 424 g/mol. The molecule has 1 saturated heterocycles. The number of anilines is 2. The van der Waals surface area contributed by atoms with Gasteiger partial charge in [0.1, 0.15) is 0 Å². The van der Waals surface area contributed by atoms with Gasteiger partial charge in [0.15, 0.2) is 0 Å². The molecule has 0 aliphatic carbocycles. The van der Waals surface area contributed by atoms with Crippen molar-refractivity contribution in [2.24, 2.45) is 0 Å². The average Bonchev–Trinajstić information content (AvgIpc) is 3.26. The molecule has 0 spiro atoms. The number of nitrogens with zero attached hydrogens (tertiary/aromatic N) is 1. The molecule has 2 aliphatic heterocycles. The minimum absolute atomic E-state index is 0. The van der Waals surface area contributed by atoms with Crippen LogP contribution >= 0.6 is 35.8 Å². The molecule has 2 aromatic rings. The number of benzene rings is 2. The Hall–Kier alpha value is -1.73. The number of fused-ring (bicyclic) bond motifs is 1. The van der Waals surface area contributed by atoms with Gasteiger partial charge >= 0.3 is 0 Å². The van der Waals surface area contributed by atoms with E-state index in [-0.39, 0.29) is 30.3 Å². The molecule has 1 unspecified atom stereocenters. The lowest BCUT2D eigenvalue weighted by molar-refractivity contribution is -0.118. The zero-order valence-corrected chi connectivity index (χ0v) is 16.8. The number of rotatable bonds is 4. The highest BCUT2D eigenvalue weighted by Gasteiger charge is 2.27. The molecule has 8 heteroatoms. The van der Waals surface area contributed by atoms with E-state index in [2.05, 4.69) is 10.6 Å². The summed E-state index contributed by atoms with van der Waals surface area (Å²) in [5.74, 6) is 1.67. The van der Waals surface area contributed by atoms with Gasteiger partial charge in [0.25, 0.3) is 0 Å². The lowest BCUT2D eigenvalue weighted by atomic mass is 10.1. The Morgan fingerprint density at radius 3 is 2.74 bits per heavy atom. The van der Waals surface area contributed by atoms with Crippen LogP contribution in [0.15, 0.2) is 42.5 Å². The van der Waals surface area contributed by atoms with E-state index in [1.807, 2.05) is 42.5 Å². The van der Waals surface area contributed by atoms with Crippen molar-refractivity contribution in [3.63, 3.8) is 0 Å². The van der Waals surface area contributed by atoms with Gasteiger partial charge in [-0.1, -0.05) is 29.8 Å². The molecule has 2 aromatic carbocycles. The molecule has 0 aromatic heterocycles. The second kappa shape index (κ2) is 8.52. The highest BCUT2D eigenvalue weighted by atomic mass is 35.5. The molecule has 1 atom stereocenters. The summed E-state index contributed by atoms with van der Waals surface area (Å²) in [5, 5.41) is 6.70. The highest BCUT2D eigenvalue weighted by molar-refractivity contribution is 7.99. The number of carbonyl (C=O) groups is 2. The van der Waals surface area contributed by atoms with E-state index in [1.54, 1.807) is 16.7 Å². The van der Waals surface area contributed by atoms with Gasteiger partial charge < -0.3 is 10.2 Å². The Balaban J connectivity index is 0.00000210. The predicted octanol–water partition coefficient (Wildman–Crippen LogP) is 3.45. The minimum atomic E-state index is -0.136. The van der Waals surface area contributed by atoms with E-state index >= 15 is 0 Å². The molecule has 27 heavy (non-hydrogen) atoms. The summed E-state index contributed by atoms with van der Waals surface area (Å²) in [6.45, 7) is 0.487. The first-order valence-corrected chi connectivity index (χ1v) is 9.93. The number of hydrogen-bond donors (Lipinski definition) is 2. The number of halogens is 2. The van der Waals surface area contributed by atoms with E-state index in [0.29, 0.717) is 18.0 Å². The second-order valence-corrected chi connectivity index (χ2v) is 7.85. The van der Waals surface area contributed by atoms with E-state index < -0.39 is 0 Å². The van der Waals surface area contributed by atoms with Crippen molar-refractivity contribution in [3.05, 3.63) is 58.6 Å². The molecule has 2 N–H and O–H groups in total. The first-order chi connectivity index (χ1) is 12.6. The SMILES string of the molecule is Cl.O=C(Nc1ccc(CN2C(=O)Cc3ccc(Cl)cc32)cc1)C1CSCN1. The van der Waals surface area contributed by atoms with Gasteiger partial charge in [-0.25, -0.2) is 0 Å². The summed E-state index contributed by atoms with van der Waals surface area (Å²) >= 11 is 7.80. The summed E-state index contributed by atoms with van der Waals surface area (Å²) in [5.41, 5.74) is 3.64. The van der Waals surface area contributed by atoms with Crippen molar-refractivity contribution in [2.45, 2.75) is 19.0 Å². The van der Waals surface area contributed by atoms with Crippen molar-refractivity contribution in [1.29, 1.82) is 0 Å². The van der Waals surface area contributed by atoms with E-state index in [0.717, 1.165) is 34.1 Å². The van der Waals surface area contributed by atoms with Crippen LogP contribution in [0.1, 0.15) is 11.1 Å². The van der Waals surface area contributed by atoms with Crippen LogP contribution in [-0.4, -0.2) is 29.5 Å². The number of hydrogen-bond acceptors (Lipinski definition) is 4. The summed E-state index contributed by atoms with van der Waals surface area (Å²) in [7, 11) is 0. The van der Waals surface area contributed by atoms with Gasteiger partial charge in [-0.3, -0.25) is 14.9 Å². The van der Waals surface area contributed by atoms with Crippen molar-refractivity contribution in [1.82, 2.24) is 5.32 Å². The molecule has 5 nitrogen and oxygen atoms in total. The fourth-order valence-electron chi connectivity index (χ4n) is 3.17. The zero-order chi connectivity index (χ0) is 18.1. The van der Waals surface area contributed by atoms with Crippen LogP contribution in [0.25, 0.3) is 0 Å². The molecule has 0 bridgehead atoms. The van der Waals surface area contributed by atoms with Crippen LogP contribution in [0.2, 0.25) is 5.02 Å². The predicted molar refractivity (Wildman–Crippen MR) is 113 cm³/mol. The minimum Gasteiger partial charge on any atom is -0.325 e. The monoisotopic (exact) mass is 423 g/mol. The second-order valence-electron chi connectivity index (χ2n) is 6.39. The maximum absolute atomic E-state index is 12.3. The first-order valence-electron chi connectivity index (χ1n) is 8.40. The summed E-state index contributed by atoms with van der Waals surface area (Å²) < 4.78 is 0. The standard InChI is InChI=1S/C19H18ClN3O2S.ClH/c20-14-4-3-13-7-18(24)23(17(13)8-14)9-12-1-5-15(6-2-12)22-19(25)16-10-26-11-21-16;/h1-6,8,16,21H,7,9-11H2,(H,22,25);1H. The van der Waals surface area contributed by atoms with Gasteiger partial charge in [-0.2, -0.15) is 0 Å². The molecule has 0 radical (unpaired) electrons. The first kappa shape index (κ1) is 20.0. The van der Waals surface area contributed by atoms with Gasteiger partial charge in [0, 0.05) is 28.0 Å². The summed E-state index contributed by atoms with van der Waals surface area (Å²) in [4.78, 5) is 26.2. The molecule has 4 rings (SSSR count). The third-order valence-electron chi connectivity index (χ3n) is 4.58. The maximum atomic E-state index is 12.3. The Kier molecular flexibility index (Phi) is 6.32. The largest absolute Gasteiger partial charge is 0.325 e. The van der Waals surface area contributed by atoms with Crippen molar-refractivity contribution >= 4 is 59.0 Å². The van der Waals surface area contributed by atoms with Crippen LogP contribution < -0.4 is 15.5 Å². The van der Waals surface area contributed by atoms with Gasteiger partial charge in [0.2, 0.25) is 11.8 Å². The normalized spacial score (nSPS) is 18.2. The Bertz CT molecular complexity index is 855. The van der Waals surface area contributed by atoms with E-state index in [1.165, 1.54) is 0 Å². The Labute approximate surface area is 173 Å². The molecule has 0 saturated carbocycles. The Morgan fingerprint density at radius 2 is 2.04 bits per heavy atom. The molecule has 2 aliphatic rings. The molecular formula is C19H19Cl2N3O2S. The fraction of sp³-hybridized carbons (Fsp3) is 0.263. The molecule has 2 amide bonds. The third kappa shape index (κ3) is 4.41. The smallest absolute Gasteiger partial charge is 0.242 e. The zero-order valence-electron chi connectivity index (χ0n) is 14.4. The molecule has 1 fully saturated rings. The van der Waals surface area contributed by atoms with Crippen LogP contribution in [0.4, 0.5) is 11.4 Å².